The smallest absolute Gasteiger partial charge is 0.264 e. The minimum atomic E-state index is -0.165. The molecule has 22 heavy (non-hydrogen) atoms. The van der Waals surface area contributed by atoms with Crippen molar-refractivity contribution in [2.45, 2.75) is 13.8 Å². The van der Waals surface area contributed by atoms with Crippen LogP contribution < -0.4 is 5.32 Å². The van der Waals surface area contributed by atoms with E-state index in [0.29, 0.717) is 20.5 Å². The van der Waals surface area contributed by atoms with Crippen LogP contribution in [0.5, 0.6) is 0 Å². The van der Waals surface area contributed by atoms with E-state index in [1.165, 1.54) is 11.8 Å². The van der Waals surface area contributed by atoms with Crippen molar-refractivity contribution in [3.8, 4) is 0 Å². The third-order valence-corrected chi connectivity index (χ3v) is 4.44. The predicted octanol–water partition coefficient (Wildman–Crippen LogP) is 4.55. The van der Waals surface area contributed by atoms with Crippen LogP contribution in [0.15, 0.2) is 49.3 Å². The molecule has 1 aliphatic heterocycles. The van der Waals surface area contributed by atoms with Gasteiger partial charge in [-0.25, -0.2) is 4.99 Å². The Morgan fingerprint density at radius 1 is 1.27 bits per heavy atom. The van der Waals surface area contributed by atoms with Gasteiger partial charge in [-0.3, -0.25) is 4.79 Å². The molecule has 0 atom stereocenters. The van der Waals surface area contributed by atoms with Gasteiger partial charge in [0, 0.05) is 6.08 Å². The number of amides is 1. The van der Waals surface area contributed by atoms with Crippen LogP contribution in [-0.2, 0) is 4.79 Å². The first kappa shape index (κ1) is 15.1. The number of rotatable bonds is 2. The molecule has 0 unspecified atom stereocenters. The molecule has 1 aromatic heterocycles. The third-order valence-electron chi connectivity index (χ3n) is 3.10. The summed E-state index contributed by atoms with van der Waals surface area (Å²) in [5.74, 6) is 0.457. The van der Waals surface area contributed by atoms with Crippen LogP contribution in [0.1, 0.15) is 16.9 Å². The number of amidine groups is 1. The van der Waals surface area contributed by atoms with Gasteiger partial charge in [-0.2, -0.15) is 0 Å². The van der Waals surface area contributed by atoms with Gasteiger partial charge in [-0.1, -0.05) is 12.1 Å². The molecule has 0 spiro atoms. The van der Waals surface area contributed by atoms with Gasteiger partial charge in [0.05, 0.1) is 10.6 Å². The summed E-state index contributed by atoms with van der Waals surface area (Å²) in [6.45, 7) is 4.01. The van der Waals surface area contributed by atoms with Gasteiger partial charge in [-0.05, 0) is 70.9 Å². The van der Waals surface area contributed by atoms with E-state index in [1.807, 2.05) is 32.0 Å². The van der Waals surface area contributed by atoms with Crippen LogP contribution in [0.2, 0.25) is 0 Å². The van der Waals surface area contributed by atoms with Crippen LogP contribution in [0, 0.1) is 13.8 Å². The number of hydrogen-bond acceptors (Lipinski definition) is 4. The van der Waals surface area contributed by atoms with Crippen molar-refractivity contribution in [3.63, 3.8) is 0 Å². The molecular weight excluding hydrogens is 364 g/mol. The van der Waals surface area contributed by atoms with Gasteiger partial charge < -0.3 is 9.73 Å². The van der Waals surface area contributed by atoms with Crippen LogP contribution in [0.25, 0.3) is 6.08 Å². The molecule has 1 fully saturated rings. The second-order valence-corrected chi connectivity index (χ2v) is 6.73. The Morgan fingerprint density at radius 3 is 2.82 bits per heavy atom. The number of hydrogen-bond donors (Lipinski definition) is 1. The summed E-state index contributed by atoms with van der Waals surface area (Å²) in [5.41, 5.74) is 3.07. The standard InChI is InChI=1S/C16H13BrN2O2S/c1-9-3-4-10(2)12(7-9)18-16-19-15(20)13(22-16)8-11-5-6-14(17)21-11/h3-8H,1-2H3,(H,18,19,20). The molecule has 1 aliphatic rings. The molecule has 0 saturated carbocycles. The zero-order chi connectivity index (χ0) is 15.7. The third kappa shape index (κ3) is 3.34. The molecule has 2 heterocycles. The average Bonchev–Trinajstić information content (AvgIpc) is 3.01. The predicted molar refractivity (Wildman–Crippen MR) is 93.1 cm³/mol. The monoisotopic (exact) mass is 376 g/mol. The quantitative estimate of drug-likeness (QED) is 0.782. The zero-order valence-corrected chi connectivity index (χ0v) is 14.4. The van der Waals surface area contributed by atoms with Gasteiger partial charge in [0.15, 0.2) is 9.84 Å². The van der Waals surface area contributed by atoms with E-state index in [0.717, 1.165) is 16.8 Å². The molecule has 2 aromatic rings. The molecule has 4 nitrogen and oxygen atoms in total. The number of aliphatic imine (C=N–C) groups is 1. The minimum absolute atomic E-state index is 0.165. The number of aryl methyl sites for hydroxylation is 2. The lowest BCUT2D eigenvalue weighted by Crippen LogP contribution is -2.19. The van der Waals surface area contributed by atoms with E-state index in [2.05, 4.69) is 26.2 Å². The maximum atomic E-state index is 12.0. The van der Waals surface area contributed by atoms with Gasteiger partial charge in [-0.15, -0.1) is 0 Å². The molecule has 1 aromatic carbocycles. The molecule has 6 heteroatoms. The number of halogens is 1. The highest BCUT2D eigenvalue weighted by Crippen LogP contribution is 2.30. The Kier molecular flexibility index (Phi) is 4.22. The number of thioether (sulfide) groups is 1. The van der Waals surface area contributed by atoms with Gasteiger partial charge >= 0.3 is 0 Å². The lowest BCUT2D eigenvalue weighted by atomic mass is 10.1. The number of nitrogens with zero attached hydrogens (tertiary/aromatic N) is 1. The lowest BCUT2D eigenvalue weighted by molar-refractivity contribution is -0.115. The second-order valence-electron chi connectivity index (χ2n) is 4.91. The summed E-state index contributed by atoms with van der Waals surface area (Å²) >= 11 is 4.55. The van der Waals surface area contributed by atoms with Crippen LogP contribution >= 0.6 is 27.7 Å². The highest BCUT2D eigenvalue weighted by Gasteiger charge is 2.24. The minimum Gasteiger partial charge on any atom is -0.450 e. The van der Waals surface area contributed by atoms with E-state index in [-0.39, 0.29) is 5.91 Å². The van der Waals surface area contributed by atoms with Crippen molar-refractivity contribution >= 4 is 50.5 Å². The molecule has 1 amide bonds. The fourth-order valence-electron chi connectivity index (χ4n) is 1.96. The Bertz CT molecular complexity index is 808. The number of benzene rings is 1. The summed E-state index contributed by atoms with van der Waals surface area (Å²) in [6, 6.07) is 9.65. The Balaban J connectivity index is 1.86. The molecule has 0 radical (unpaired) electrons. The highest BCUT2D eigenvalue weighted by atomic mass is 79.9. The molecule has 0 aliphatic carbocycles. The average molecular weight is 377 g/mol. The van der Waals surface area contributed by atoms with Crippen molar-refractivity contribution in [1.29, 1.82) is 0 Å². The first-order valence-electron chi connectivity index (χ1n) is 6.63. The normalized spacial score (nSPS) is 18.2. The Morgan fingerprint density at radius 2 is 2.09 bits per heavy atom. The fraction of sp³-hybridized carbons (Fsp3) is 0.125. The van der Waals surface area contributed by atoms with Crippen molar-refractivity contribution in [3.05, 3.63) is 56.8 Å². The maximum Gasteiger partial charge on any atom is 0.264 e. The summed E-state index contributed by atoms with van der Waals surface area (Å²) in [7, 11) is 0. The van der Waals surface area contributed by atoms with Gasteiger partial charge in [0.2, 0.25) is 0 Å². The second kappa shape index (κ2) is 6.14. The van der Waals surface area contributed by atoms with E-state index in [9.17, 15) is 4.79 Å². The molecule has 3 rings (SSSR count). The Hall–Kier alpha value is -1.79. The number of nitrogens with one attached hydrogen (secondary N) is 1. The van der Waals surface area contributed by atoms with E-state index >= 15 is 0 Å². The first-order chi connectivity index (χ1) is 10.5. The lowest BCUT2D eigenvalue weighted by Gasteiger charge is -2.02. The SMILES string of the molecule is Cc1ccc(C)c(N=C2NC(=O)C(=Cc3ccc(Br)o3)S2)c1. The summed E-state index contributed by atoms with van der Waals surface area (Å²) in [6.07, 6.45) is 1.70. The van der Waals surface area contributed by atoms with Gasteiger partial charge in [0.1, 0.15) is 5.76 Å². The van der Waals surface area contributed by atoms with Crippen molar-refractivity contribution in [2.75, 3.05) is 0 Å². The van der Waals surface area contributed by atoms with Crippen molar-refractivity contribution in [2.24, 2.45) is 4.99 Å². The van der Waals surface area contributed by atoms with Crippen molar-refractivity contribution < 1.29 is 9.21 Å². The molecule has 1 N–H and O–H groups in total. The number of carbonyl (C=O) groups is 1. The van der Waals surface area contributed by atoms with Crippen LogP contribution in [-0.4, -0.2) is 11.1 Å². The summed E-state index contributed by atoms with van der Waals surface area (Å²) in [4.78, 5) is 17.1. The first-order valence-corrected chi connectivity index (χ1v) is 8.24. The number of furan rings is 1. The summed E-state index contributed by atoms with van der Waals surface area (Å²) < 4.78 is 6.02. The van der Waals surface area contributed by atoms with E-state index in [1.54, 1.807) is 18.2 Å². The fourth-order valence-corrected chi connectivity index (χ4v) is 3.10. The van der Waals surface area contributed by atoms with E-state index < -0.39 is 0 Å². The highest BCUT2D eigenvalue weighted by molar-refractivity contribution is 9.10. The topological polar surface area (TPSA) is 54.6 Å². The van der Waals surface area contributed by atoms with E-state index in [4.69, 9.17) is 4.42 Å². The number of carbonyl (C=O) groups excluding carboxylic acids is 1. The van der Waals surface area contributed by atoms with Crippen molar-refractivity contribution in [1.82, 2.24) is 5.32 Å². The summed E-state index contributed by atoms with van der Waals surface area (Å²) in [5, 5.41) is 3.36. The maximum absolute atomic E-state index is 12.0. The molecular formula is C16H13BrN2O2S. The zero-order valence-electron chi connectivity index (χ0n) is 12.0. The Labute approximate surface area is 140 Å². The molecule has 112 valence electrons. The van der Waals surface area contributed by atoms with Crippen LogP contribution in [0.4, 0.5) is 5.69 Å². The van der Waals surface area contributed by atoms with Gasteiger partial charge in [0.25, 0.3) is 5.91 Å². The van der Waals surface area contributed by atoms with Crippen LogP contribution in [0.3, 0.4) is 0 Å². The molecule has 0 bridgehead atoms. The molecule has 1 saturated heterocycles. The largest absolute Gasteiger partial charge is 0.450 e.